The molecule has 1 amide bonds. The minimum Gasteiger partial charge on any atom is -0.462 e. The molecule has 2 atom stereocenters. The van der Waals surface area contributed by atoms with Crippen LogP contribution in [0, 0.1) is 12.8 Å². The number of pyridine rings is 1. The molecular weight excluding hydrogens is 557 g/mol. The highest BCUT2D eigenvalue weighted by Crippen LogP contribution is 2.39. The molecule has 3 aromatic heterocycles. The quantitative estimate of drug-likeness (QED) is 0.155. The molecule has 1 aliphatic carbocycles. The van der Waals surface area contributed by atoms with Crippen LogP contribution in [0.15, 0.2) is 60.0 Å². The highest BCUT2D eigenvalue weighted by molar-refractivity contribution is 7.99. The van der Waals surface area contributed by atoms with Crippen LogP contribution in [-0.4, -0.2) is 49.0 Å². The molecule has 1 aliphatic rings. The van der Waals surface area contributed by atoms with Crippen LogP contribution < -0.4 is 4.90 Å². The Morgan fingerprint density at radius 2 is 1.93 bits per heavy atom. The van der Waals surface area contributed by atoms with Crippen LogP contribution in [0.4, 0.5) is 5.13 Å². The Morgan fingerprint density at radius 1 is 1.12 bits per heavy atom. The van der Waals surface area contributed by atoms with E-state index < -0.39 is 5.97 Å². The van der Waals surface area contributed by atoms with Crippen molar-refractivity contribution in [2.24, 2.45) is 5.92 Å². The minimum atomic E-state index is -0.423. The number of ether oxygens (including phenoxy) is 1. The summed E-state index contributed by atoms with van der Waals surface area (Å²) in [6.07, 6.45) is 8.12. The second kappa shape index (κ2) is 13.4. The first-order valence-electron chi connectivity index (χ1n) is 13.9. The standard InChI is InChI=1S/C30H34N6O3S2/c1-4-39-28(38)26-21(3)32-29(41-26)35(18-22-12-6-5-7-13-22)25(37)19-40-30-34-33-27(23-14-10-16-31-17-23)36(30)24-15-9-8-11-20(24)2/h5-7,10,12-14,16-17,20,24H,4,8-9,11,15,18-19H2,1-3H3/t20-,24-/m1/s1. The number of benzene rings is 1. The molecule has 1 saturated carbocycles. The summed E-state index contributed by atoms with van der Waals surface area (Å²) in [6.45, 7) is 6.42. The fraction of sp³-hybridized carbons (Fsp3) is 0.400. The van der Waals surface area contributed by atoms with E-state index in [0.29, 0.717) is 28.2 Å². The Balaban J connectivity index is 1.43. The lowest BCUT2D eigenvalue weighted by molar-refractivity contribution is -0.116. The van der Waals surface area contributed by atoms with Gasteiger partial charge in [-0.1, -0.05) is 73.2 Å². The zero-order valence-corrected chi connectivity index (χ0v) is 25.2. The number of carbonyl (C=O) groups excluding carboxylic acids is 2. The SMILES string of the molecule is CCOC(=O)c1sc(N(Cc2ccccc2)C(=O)CSc2nnc(-c3cccnc3)n2[C@@H]2CCCC[C@H]2C)nc1C. The monoisotopic (exact) mass is 590 g/mol. The summed E-state index contributed by atoms with van der Waals surface area (Å²) in [7, 11) is 0. The van der Waals surface area contributed by atoms with Crippen molar-refractivity contribution in [2.75, 3.05) is 17.3 Å². The molecule has 9 nitrogen and oxygen atoms in total. The van der Waals surface area contributed by atoms with Crippen LogP contribution >= 0.6 is 23.1 Å². The van der Waals surface area contributed by atoms with Crippen molar-refractivity contribution in [3.8, 4) is 11.4 Å². The third-order valence-electron chi connectivity index (χ3n) is 7.27. The van der Waals surface area contributed by atoms with E-state index in [9.17, 15) is 9.59 Å². The molecule has 214 valence electrons. The van der Waals surface area contributed by atoms with Crippen molar-refractivity contribution < 1.29 is 14.3 Å². The van der Waals surface area contributed by atoms with Gasteiger partial charge in [0.25, 0.3) is 0 Å². The molecule has 4 aromatic rings. The van der Waals surface area contributed by atoms with Gasteiger partial charge in [0.1, 0.15) is 4.88 Å². The maximum atomic E-state index is 13.9. The van der Waals surface area contributed by atoms with E-state index in [1.807, 2.05) is 42.5 Å². The van der Waals surface area contributed by atoms with Crippen molar-refractivity contribution in [3.63, 3.8) is 0 Å². The minimum absolute atomic E-state index is 0.128. The Bertz CT molecular complexity index is 1470. The highest BCUT2D eigenvalue weighted by atomic mass is 32.2. The number of thioether (sulfide) groups is 1. The molecule has 1 aromatic carbocycles. The maximum Gasteiger partial charge on any atom is 0.350 e. The normalized spacial score (nSPS) is 16.9. The summed E-state index contributed by atoms with van der Waals surface area (Å²) < 4.78 is 7.42. The van der Waals surface area contributed by atoms with Crippen LogP contribution in [0.25, 0.3) is 11.4 Å². The summed E-state index contributed by atoms with van der Waals surface area (Å²) >= 11 is 2.57. The smallest absolute Gasteiger partial charge is 0.350 e. The van der Waals surface area contributed by atoms with Crippen LogP contribution in [0.2, 0.25) is 0 Å². The van der Waals surface area contributed by atoms with Gasteiger partial charge in [0.05, 0.1) is 24.6 Å². The number of amides is 1. The molecule has 41 heavy (non-hydrogen) atoms. The van der Waals surface area contributed by atoms with Gasteiger partial charge in [-0.15, -0.1) is 10.2 Å². The lowest BCUT2D eigenvalue weighted by atomic mass is 9.85. The predicted octanol–water partition coefficient (Wildman–Crippen LogP) is 6.36. The van der Waals surface area contributed by atoms with Gasteiger partial charge in [-0.25, -0.2) is 9.78 Å². The van der Waals surface area contributed by atoms with E-state index >= 15 is 0 Å². The van der Waals surface area contributed by atoms with Gasteiger partial charge in [-0.2, -0.15) is 0 Å². The molecule has 0 bridgehead atoms. The molecular formula is C30H34N6O3S2. The van der Waals surface area contributed by atoms with Gasteiger partial charge in [0, 0.05) is 24.0 Å². The molecule has 0 aliphatic heterocycles. The Kier molecular flexibility index (Phi) is 9.45. The van der Waals surface area contributed by atoms with Crippen molar-refractivity contribution in [2.45, 2.75) is 64.2 Å². The van der Waals surface area contributed by atoms with Gasteiger partial charge >= 0.3 is 5.97 Å². The first-order valence-corrected chi connectivity index (χ1v) is 15.7. The van der Waals surface area contributed by atoms with E-state index in [0.717, 1.165) is 41.4 Å². The highest BCUT2D eigenvalue weighted by Gasteiger charge is 2.30. The summed E-state index contributed by atoms with van der Waals surface area (Å²) in [4.78, 5) is 37.3. The average Bonchev–Trinajstić information content (AvgIpc) is 3.59. The molecule has 3 heterocycles. The molecule has 1 fully saturated rings. The van der Waals surface area contributed by atoms with E-state index in [2.05, 4.69) is 31.7 Å². The van der Waals surface area contributed by atoms with Gasteiger partial charge in [-0.3, -0.25) is 19.2 Å². The first-order chi connectivity index (χ1) is 20.0. The molecule has 0 unspecified atom stereocenters. The summed E-state index contributed by atoms with van der Waals surface area (Å²) in [5.41, 5.74) is 2.43. The molecule has 0 N–H and O–H groups in total. The van der Waals surface area contributed by atoms with E-state index in [-0.39, 0.29) is 24.3 Å². The largest absolute Gasteiger partial charge is 0.462 e. The van der Waals surface area contributed by atoms with Crippen molar-refractivity contribution in [1.29, 1.82) is 0 Å². The number of aryl methyl sites for hydroxylation is 1. The third kappa shape index (κ3) is 6.68. The second-order valence-electron chi connectivity index (χ2n) is 10.1. The predicted molar refractivity (Wildman–Crippen MR) is 161 cm³/mol. The van der Waals surface area contributed by atoms with Crippen LogP contribution in [0.5, 0.6) is 0 Å². The topological polar surface area (TPSA) is 103 Å². The van der Waals surface area contributed by atoms with E-state index in [4.69, 9.17) is 4.74 Å². The number of carbonyl (C=O) groups is 2. The number of hydrogen-bond donors (Lipinski definition) is 0. The number of aromatic nitrogens is 5. The number of anilines is 1. The number of esters is 1. The zero-order chi connectivity index (χ0) is 28.8. The Hall–Kier alpha value is -3.57. The van der Waals surface area contributed by atoms with Crippen LogP contribution in [-0.2, 0) is 16.1 Å². The van der Waals surface area contributed by atoms with E-state index in [1.165, 1.54) is 29.5 Å². The summed E-state index contributed by atoms with van der Waals surface area (Å²) in [6, 6.07) is 13.9. The summed E-state index contributed by atoms with van der Waals surface area (Å²) in [5, 5.41) is 10.3. The number of thiazole rings is 1. The molecule has 5 rings (SSSR count). The Morgan fingerprint density at radius 3 is 2.66 bits per heavy atom. The van der Waals surface area contributed by atoms with Crippen LogP contribution in [0.3, 0.4) is 0 Å². The zero-order valence-electron chi connectivity index (χ0n) is 23.5. The van der Waals surface area contributed by atoms with Crippen LogP contribution in [0.1, 0.15) is 66.5 Å². The molecule has 0 saturated heterocycles. The molecule has 11 heteroatoms. The van der Waals surface area contributed by atoms with Crippen molar-refractivity contribution >= 4 is 40.1 Å². The summed E-state index contributed by atoms with van der Waals surface area (Å²) in [5.74, 6) is 0.846. The lowest BCUT2D eigenvalue weighted by Gasteiger charge is -2.31. The molecule has 0 radical (unpaired) electrons. The fourth-order valence-electron chi connectivity index (χ4n) is 5.16. The lowest BCUT2D eigenvalue weighted by Crippen LogP contribution is -2.32. The van der Waals surface area contributed by atoms with Gasteiger partial charge in [0.2, 0.25) is 5.91 Å². The van der Waals surface area contributed by atoms with Crippen molar-refractivity contribution in [1.82, 2.24) is 24.7 Å². The average molecular weight is 591 g/mol. The van der Waals surface area contributed by atoms with E-state index in [1.54, 1.807) is 31.1 Å². The second-order valence-corrected chi connectivity index (χ2v) is 12.1. The Labute approximate surface area is 248 Å². The van der Waals surface area contributed by atoms with Gasteiger partial charge < -0.3 is 4.74 Å². The third-order valence-corrected chi connectivity index (χ3v) is 9.36. The molecule has 0 spiro atoms. The first kappa shape index (κ1) is 28.9. The number of rotatable bonds is 10. The fourth-order valence-corrected chi connectivity index (χ4v) is 7.01. The number of nitrogens with zero attached hydrogens (tertiary/aromatic N) is 6. The maximum absolute atomic E-state index is 13.9. The van der Waals surface area contributed by atoms with Gasteiger partial charge in [0.15, 0.2) is 16.1 Å². The number of hydrogen-bond acceptors (Lipinski definition) is 9. The van der Waals surface area contributed by atoms with Crippen molar-refractivity contribution in [3.05, 3.63) is 71.0 Å². The van der Waals surface area contributed by atoms with Gasteiger partial charge in [-0.05, 0) is 50.3 Å².